The van der Waals surface area contributed by atoms with Crippen molar-refractivity contribution in [3.8, 4) is 0 Å². The fraction of sp³-hybridized carbons (Fsp3) is 0.273. The SMILES string of the molecule is CC(=O)NC(=S)Nc1ccc(N(C)C)cc1. The summed E-state index contributed by atoms with van der Waals surface area (Å²) >= 11 is 4.94. The molecule has 0 saturated heterocycles. The lowest BCUT2D eigenvalue weighted by atomic mass is 10.2. The van der Waals surface area contributed by atoms with Gasteiger partial charge in [0.1, 0.15) is 0 Å². The van der Waals surface area contributed by atoms with Gasteiger partial charge in [0.15, 0.2) is 5.11 Å². The fourth-order valence-electron chi connectivity index (χ4n) is 1.17. The summed E-state index contributed by atoms with van der Waals surface area (Å²) in [7, 11) is 3.95. The standard InChI is InChI=1S/C11H15N3OS/c1-8(15)12-11(16)13-9-4-6-10(7-5-9)14(2)3/h4-7H,1-3H3,(H2,12,13,15,16). The molecule has 1 rings (SSSR count). The van der Waals surface area contributed by atoms with Crippen molar-refractivity contribution in [2.24, 2.45) is 0 Å². The van der Waals surface area contributed by atoms with Crippen molar-refractivity contribution < 1.29 is 4.79 Å². The van der Waals surface area contributed by atoms with Gasteiger partial charge in [0.05, 0.1) is 0 Å². The predicted octanol–water partition coefficient (Wildman–Crippen LogP) is 1.59. The van der Waals surface area contributed by atoms with Gasteiger partial charge in [0.2, 0.25) is 5.91 Å². The maximum Gasteiger partial charge on any atom is 0.222 e. The Balaban J connectivity index is 2.62. The molecule has 0 aliphatic rings. The van der Waals surface area contributed by atoms with Crippen LogP contribution in [0.2, 0.25) is 0 Å². The Morgan fingerprint density at radius 2 is 1.81 bits per heavy atom. The van der Waals surface area contributed by atoms with Gasteiger partial charge in [0, 0.05) is 32.4 Å². The molecule has 4 nitrogen and oxygen atoms in total. The first kappa shape index (κ1) is 12.4. The lowest BCUT2D eigenvalue weighted by Gasteiger charge is -2.13. The summed E-state index contributed by atoms with van der Waals surface area (Å²) in [5.41, 5.74) is 1.96. The fourth-order valence-corrected chi connectivity index (χ4v) is 1.43. The maximum atomic E-state index is 10.7. The number of thiocarbonyl (C=S) groups is 1. The van der Waals surface area contributed by atoms with Gasteiger partial charge in [-0.3, -0.25) is 4.79 Å². The number of nitrogens with zero attached hydrogens (tertiary/aromatic N) is 1. The first-order valence-electron chi connectivity index (χ1n) is 4.85. The first-order chi connectivity index (χ1) is 7.49. The van der Waals surface area contributed by atoms with Crippen LogP contribution in [0, 0.1) is 0 Å². The van der Waals surface area contributed by atoms with E-state index in [0.717, 1.165) is 11.4 Å². The maximum absolute atomic E-state index is 10.7. The molecule has 0 spiro atoms. The van der Waals surface area contributed by atoms with Crippen LogP contribution in [0.15, 0.2) is 24.3 Å². The van der Waals surface area contributed by atoms with Gasteiger partial charge < -0.3 is 15.5 Å². The molecule has 0 radical (unpaired) electrons. The molecule has 0 saturated carbocycles. The second-order valence-corrected chi connectivity index (χ2v) is 3.98. The third-order valence-corrected chi connectivity index (χ3v) is 2.14. The molecule has 0 bridgehead atoms. The van der Waals surface area contributed by atoms with Gasteiger partial charge >= 0.3 is 0 Å². The zero-order chi connectivity index (χ0) is 12.1. The van der Waals surface area contributed by atoms with Gasteiger partial charge in [-0.1, -0.05) is 0 Å². The number of carbonyl (C=O) groups excluding carboxylic acids is 1. The van der Waals surface area contributed by atoms with Crippen molar-refractivity contribution in [3.63, 3.8) is 0 Å². The highest BCUT2D eigenvalue weighted by Gasteiger charge is 2.00. The van der Waals surface area contributed by atoms with E-state index < -0.39 is 0 Å². The molecule has 1 aromatic rings. The Kier molecular flexibility index (Phi) is 4.25. The molecule has 2 N–H and O–H groups in total. The minimum absolute atomic E-state index is 0.178. The molecular weight excluding hydrogens is 222 g/mol. The monoisotopic (exact) mass is 237 g/mol. The average molecular weight is 237 g/mol. The van der Waals surface area contributed by atoms with Crippen molar-refractivity contribution in [2.45, 2.75) is 6.92 Å². The number of amides is 1. The summed E-state index contributed by atoms with van der Waals surface area (Å²) in [5, 5.41) is 5.73. The van der Waals surface area contributed by atoms with Crippen LogP contribution in [-0.2, 0) is 4.79 Å². The molecule has 0 fully saturated rings. The summed E-state index contributed by atoms with van der Waals surface area (Å²) in [6, 6.07) is 7.75. The highest BCUT2D eigenvalue weighted by molar-refractivity contribution is 7.80. The second kappa shape index (κ2) is 5.46. The molecule has 16 heavy (non-hydrogen) atoms. The minimum atomic E-state index is -0.178. The number of hydrogen-bond donors (Lipinski definition) is 2. The van der Waals surface area contributed by atoms with E-state index in [9.17, 15) is 4.79 Å². The smallest absolute Gasteiger partial charge is 0.222 e. The number of carbonyl (C=O) groups is 1. The van der Waals surface area contributed by atoms with Crippen molar-refractivity contribution in [1.29, 1.82) is 0 Å². The van der Waals surface area contributed by atoms with Gasteiger partial charge in [0.25, 0.3) is 0 Å². The molecule has 0 heterocycles. The van der Waals surface area contributed by atoms with Crippen LogP contribution in [-0.4, -0.2) is 25.1 Å². The van der Waals surface area contributed by atoms with Crippen molar-refractivity contribution >= 4 is 34.6 Å². The van der Waals surface area contributed by atoms with Gasteiger partial charge in [-0.15, -0.1) is 0 Å². The summed E-state index contributed by atoms with van der Waals surface area (Å²) in [6.45, 7) is 1.42. The van der Waals surface area contributed by atoms with Crippen molar-refractivity contribution in [2.75, 3.05) is 24.3 Å². The third kappa shape index (κ3) is 3.86. The first-order valence-corrected chi connectivity index (χ1v) is 5.26. The second-order valence-electron chi connectivity index (χ2n) is 3.58. The predicted molar refractivity (Wildman–Crippen MR) is 70.8 cm³/mol. The van der Waals surface area contributed by atoms with E-state index in [2.05, 4.69) is 10.6 Å². The van der Waals surface area contributed by atoms with E-state index in [0.29, 0.717) is 5.11 Å². The molecule has 86 valence electrons. The quantitative estimate of drug-likeness (QED) is 0.767. The summed E-state index contributed by atoms with van der Waals surface area (Å²) < 4.78 is 0. The molecule has 0 aliphatic heterocycles. The summed E-state index contributed by atoms with van der Waals surface area (Å²) in [6.07, 6.45) is 0. The Labute approximate surface area is 101 Å². The van der Waals surface area contributed by atoms with Crippen LogP contribution in [0.3, 0.4) is 0 Å². The van der Waals surface area contributed by atoms with E-state index in [4.69, 9.17) is 12.2 Å². The Morgan fingerprint density at radius 1 is 1.25 bits per heavy atom. The number of rotatable bonds is 2. The van der Waals surface area contributed by atoms with Gasteiger partial charge in [-0.2, -0.15) is 0 Å². The molecule has 1 aromatic carbocycles. The zero-order valence-corrected chi connectivity index (χ0v) is 10.4. The van der Waals surface area contributed by atoms with Crippen LogP contribution in [0.25, 0.3) is 0 Å². The largest absolute Gasteiger partial charge is 0.378 e. The number of nitrogens with one attached hydrogen (secondary N) is 2. The van der Waals surface area contributed by atoms with E-state index in [-0.39, 0.29) is 5.91 Å². The molecule has 0 atom stereocenters. The molecule has 0 aromatic heterocycles. The topological polar surface area (TPSA) is 44.4 Å². The molecular formula is C11H15N3OS. The van der Waals surface area contributed by atoms with Crippen LogP contribution >= 0.6 is 12.2 Å². The van der Waals surface area contributed by atoms with Crippen LogP contribution < -0.4 is 15.5 Å². The summed E-state index contributed by atoms with van der Waals surface area (Å²) in [5.74, 6) is -0.178. The van der Waals surface area contributed by atoms with E-state index >= 15 is 0 Å². The van der Waals surface area contributed by atoms with E-state index in [1.165, 1.54) is 6.92 Å². The zero-order valence-electron chi connectivity index (χ0n) is 9.57. The normalized spacial score (nSPS) is 9.44. The third-order valence-electron chi connectivity index (χ3n) is 1.93. The minimum Gasteiger partial charge on any atom is -0.378 e. The van der Waals surface area contributed by atoms with E-state index in [1.54, 1.807) is 0 Å². The molecule has 0 aliphatic carbocycles. The van der Waals surface area contributed by atoms with Crippen LogP contribution in [0.4, 0.5) is 11.4 Å². The Morgan fingerprint density at radius 3 is 2.25 bits per heavy atom. The summed E-state index contributed by atoms with van der Waals surface area (Å²) in [4.78, 5) is 12.8. The Bertz CT molecular complexity index is 387. The number of anilines is 2. The number of benzene rings is 1. The van der Waals surface area contributed by atoms with Gasteiger partial charge in [-0.05, 0) is 36.5 Å². The van der Waals surface area contributed by atoms with Crippen molar-refractivity contribution in [3.05, 3.63) is 24.3 Å². The highest BCUT2D eigenvalue weighted by Crippen LogP contribution is 2.15. The highest BCUT2D eigenvalue weighted by atomic mass is 32.1. The van der Waals surface area contributed by atoms with E-state index in [1.807, 2.05) is 43.3 Å². The Hall–Kier alpha value is -1.62. The molecule has 1 amide bonds. The van der Waals surface area contributed by atoms with Crippen LogP contribution in [0.5, 0.6) is 0 Å². The number of hydrogen-bond acceptors (Lipinski definition) is 3. The molecule has 5 heteroatoms. The van der Waals surface area contributed by atoms with Crippen molar-refractivity contribution in [1.82, 2.24) is 5.32 Å². The lowest BCUT2D eigenvalue weighted by Crippen LogP contribution is -2.32. The lowest BCUT2D eigenvalue weighted by molar-refractivity contribution is -0.117. The average Bonchev–Trinajstić information content (AvgIpc) is 2.16. The molecule has 0 unspecified atom stereocenters. The van der Waals surface area contributed by atoms with Crippen LogP contribution in [0.1, 0.15) is 6.92 Å². The van der Waals surface area contributed by atoms with Gasteiger partial charge in [-0.25, -0.2) is 0 Å².